The van der Waals surface area contributed by atoms with Crippen LogP contribution in [0.3, 0.4) is 0 Å². The van der Waals surface area contributed by atoms with E-state index in [-0.39, 0.29) is 23.3 Å². The number of fused-ring (bicyclic) bond motifs is 4. The molecule has 0 spiro atoms. The first kappa shape index (κ1) is 23.4. The molecule has 0 radical (unpaired) electrons. The lowest BCUT2D eigenvalue weighted by Crippen LogP contribution is -2.60. The van der Waals surface area contributed by atoms with E-state index in [2.05, 4.69) is 10.6 Å². The number of nitrogens with zero attached hydrogens (tertiary/aromatic N) is 2. The number of aromatic nitrogens is 1. The van der Waals surface area contributed by atoms with Gasteiger partial charge in [0.1, 0.15) is 6.17 Å². The predicted molar refractivity (Wildman–Crippen MR) is 132 cm³/mol. The van der Waals surface area contributed by atoms with E-state index in [4.69, 9.17) is 47.0 Å². The summed E-state index contributed by atoms with van der Waals surface area (Å²) in [5.41, 5.74) is 2.36. The van der Waals surface area contributed by atoms with E-state index < -0.39 is 9.96 Å². The number of nitrogens with one attached hydrogen (secondary N) is 2. The van der Waals surface area contributed by atoms with Gasteiger partial charge in [-0.15, -0.1) is 0 Å². The van der Waals surface area contributed by atoms with Crippen molar-refractivity contribution in [3.8, 4) is 0 Å². The maximum atomic E-state index is 12.8. The third-order valence-corrected chi connectivity index (χ3v) is 7.06. The molecule has 0 aliphatic carbocycles. The average molecular weight is 514 g/mol. The van der Waals surface area contributed by atoms with Gasteiger partial charge < -0.3 is 20.1 Å². The van der Waals surface area contributed by atoms with Crippen molar-refractivity contribution in [1.29, 1.82) is 0 Å². The Hall–Kier alpha value is -1.80. The van der Waals surface area contributed by atoms with Crippen molar-refractivity contribution in [3.63, 3.8) is 0 Å². The Kier molecular flexibility index (Phi) is 6.73. The number of amides is 1. The largest absolute Gasteiger partial charge is 0.348 e. The summed E-state index contributed by atoms with van der Waals surface area (Å²) in [4.78, 5) is 27.1. The Labute approximate surface area is 206 Å². The third kappa shape index (κ3) is 4.91. The van der Waals surface area contributed by atoms with Crippen molar-refractivity contribution in [2.24, 2.45) is 5.92 Å². The summed E-state index contributed by atoms with van der Waals surface area (Å²) < 4.78 is 0.0349. The molecule has 2 aliphatic rings. The minimum atomic E-state index is -1.83. The van der Waals surface area contributed by atoms with Crippen LogP contribution in [0.1, 0.15) is 34.0 Å². The minimum absolute atomic E-state index is 0.0292. The molecule has 10 heteroatoms. The normalized spacial score (nSPS) is 20.8. The van der Waals surface area contributed by atoms with E-state index in [0.29, 0.717) is 30.3 Å². The quantitative estimate of drug-likeness (QED) is 0.373. The maximum absolute atomic E-state index is 12.8. The first-order valence-electron chi connectivity index (χ1n) is 10.3. The molecule has 2 aromatic rings. The van der Waals surface area contributed by atoms with Crippen LogP contribution in [-0.2, 0) is 6.54 Å². The summed E-state index contributed by atoms with van der Waals surface area (Å²) in [6.45, 7) is 3.82. The maximum Gasteiger partial charge on any atom is 0.253 e. The lowest BCUT2D eigenvalue weighted by molar-refractivity contribution is 0.0932. The van der Waals surface area contributed by atoms with Crippen molar-refractivity contribution in [3.05, 3.63) is 69.6 Å². The number of carbonyl (C=O) groups excluding carboxylic acids is 1. The number of hydrogen-bond donors (Lipinski definition) is 2. The number of alkyl halides is 3. The van der Waals surface area contributed by atoms with Gasteiger partial charge in [0.05, 0.1) is 0 Å². The fourth-order valence-corrected chi connectivity index (χ4v) is 5.11. The van der Waals surface area contributed by atoms with Crippen molar-refractivity contribution >= 4 is 58.0 Å². The number of thiocarbonyl (C=S) groups is 1. The number of piperidine rings is 1. The van der Waals surface area contributed by atoms with Crippen LogP contribution in [-0.4, -0.2) is 43.5 Å². The highest BCUT2D eigenvalue weighted by Crippen LogP contribution is 2.35. The smallest absolute Gasteiger partial charge is 0.253 e. The van der Waals surface area contributed by atoms with Gasteiger partial charge in [0.2, 0.25) is 3.79 Å². The van der Waals surface area contributed by atoms with Crippen LogP contribution >= 0.6 is 47.0 Å². The van der Waals surface area contributed by atoms with Gasteiger partial charge in [0, 0.05) is 42.9 Å². The summed E-state index contributed by atoms with van der Waals surface area (Å²) in [5, 5.41) is 6.18. The van der Waals surface area contributed by atoms with E-state index in [9.17, 15) is 9.59 Å². The SMILES string of the molecule is Cc1ccccc1C(=O)NC(NC(=S)N1CC2C[C@@H](C1)c1cccc(=O)n1C2)C(Cl)(Cl)Cl. The fraction of sp³-hybridized carbons (Fsp3) is 0.409. The van der Waals surface area contributed by atoms with Crippen LogP contribution in [0.2, 0.25) is 0 Å². The topological polar surface area (TPSA) is 66.4 Å². The summed E-state index contributed by atoms with van der Waals surface area (Å²) in [7, 11) is 0. The molecule has 2 bridgehead atoms. The van der Waals surface area contributed by atoms with Crippen molar-refractivity contribution in [2.75, 3.05) is 13.1 Å². The Morgan fingerprint density at radius 3 is 2.56 bits per heavy atom. The number of rotatable bonds is 3. The fourth-order valence-electron chi connectivity index (χ4n) is 4.51. The molecule has 1 amide bonds. The van der Waals surface area contributed by atoms with Gasteiger partial charge in [0.25, 0.3) is 11.5 Å². The Bertz CT molecular complexity index is 1100. The number of pyridine rings is 1. The molecule has 3 atom stereocenters. The van der Waals surface area contributed by atoms with E-state index in [1.807, 2.05) is 34.6 Å². The predicted octanol–water partition coefficient (Wildman–Crippen LogP) is 3.58. The molecule has 6 nitrogen and oxygen atoms in total. The lowest BCUT2D eigenvalue weighted by atomic mass is 9.83. The van der Waals surface area contributed by atoms with Crippen LogP contribution in [0.15, 0.2) is 47.3 Å². The van der Waals surface area contributed by atoms with Gasteiger partial charge in [-0.3, -0.25) is 9.59 Å². The van der Waals surface area contributed by atoms with E-state index in [0.717, 1.165) is 17.7 Å². The van der Waals surface area contributed by atoms with E-state index in [1.165, 1.54) is 0 Å². The third-order valence-electron chi connectivity index (χ3n) is 6.03. The van der Waals surface area contributed by atoms with Crippen LogP contribution in [0.5, 0.6) is 0 Å². The second kappa shape index (κ2) is 9.21. The number of carbonyl (C=O) groups is 1. The first-order valence-corrected chi connectivity index (χ1v) is 11.9. The number of halogens is 3. The minimum Gasteiger partial charge on any atom is -0.348 e. The van der Waals surface area contributed by atoms with Crippen molar-refractivity contribution in [1.82, 2.24) is 20.1 Å². The van der Waals surface area contributed by atoms with Crippen LogP contribution in [0, 0.1) is 12.8 Å². The molecular formula is C22H23Cl3N4O2S. The summed E-state index contributed by atoms with van der Waals surface area (Å²) in [6.07, 6.45) is -0.0238. The highest BCUT2D eigenvalue weighted by Gasteiger charge is 2.39. The molecule has 1 saturated heterocycles. The molecule has 3 heterocycles. The average Bonchev–Trinajstić information content (AvgIpc) is 2.73. The summed E-state index contributed by atoms with van der Waals surface area (Å²) >= 11 is 24.1. The van der Waals surface area contributed by atoms with Crippen molar-refractivity contribution in [2.45, 2.75) is 35.8 Å². The Morgan fingerprint density at radius 2 is 1.84 bits per heavy atom. The molecule has 170 valence electrons. The molecule has 32 heavy (non-hydrogen) atoms. The number of likely N-dealkylation sites (tertiary alicyclic amines) is 1. The second-order valence-electron chi connectivity index (χ2n) is 8.32. The Morgan fingerprint density at radius 1 is 1.09 bits per heavy atom. The molecule has 1 aromatic heterocycles. The Balaban J connectivity index is 1.48. The van der Waals surface area contributed by atoms with Gasteiger partial charge in [-0.05, 0) is 49.2 Å². The zero-order chi connectivity index (χ0) is 23.0. The van der Waals surface area contributed by atoms with Gasteiger partial charge in [0.15, 0.2) is 5.11 Å². The van der Waals surface area contributed by atoms with Crippen molar-refractivity contribution < 1.29 is 4.79 Å². The molecule has 1 fully saturated rings. The molecule has 2 aliphatic heterocycles. The van der Waals surface area contributed by atoms with Gasteiger partial charge in [-0.25, -0.2) is 0 Å². The summed E-state index contributed by atoms with van der Waals surface area (Å²) in [6, 6.07) is 12.6. The van der Waals surface area contributed by atoms with Crippen LogP contribution in [0.4, 0.5) is 0 Å². The molecule has 2 unspecified atom stereocenters. The number of benzene rings is 1. The number of aryl methyl sites for hydroxylation is 1. The zero-order valence-electron chi connectivity index (χ0n) is 17.4. The highest BCUT2D eigenvalue weighted by molar-refractivity contribution is 7.80. The lowest BCUT2D eigenvalue weighted by Gasteiger charge is -2.44. The van der Waals surface area contributed by atoms with Crippen LogP contribution in [0.25, 0.3) is 0 Å². The van der Waals surface area contributed by atoms with Gasteiger partial charge in [-0.1, -0.05) is 59.1 Å². The van der Waals surface area contributed by atoms with Gasteiger partial charge >= 0.3 is 0 Å². The number of hydrogen-bond acceptors (Lipinski definition) is 3. The highest BCUT2D eigenvalue weighted by atomic mass is 35.6. The molecular weight excluding hydrogens is 491 g/mol. The standard InChI is InChI=1S/C22H23Cl3N4O2S/c1-13-5-2-3-6-16(13)19(31)26-20(22(23,24)25)27-21(32)28-10-14-9-15(12-28)17-7-4-8-18(30)29(17)11-14/h2-8,14-15,20H,9-12H2,1H3,(H,26,31)(H,27,32)/t14?,15-,20?/m0/s1. The monoisotopic (exact) mass is 512 g/mol. The molecule has 1 aromatic carbocycles. The van der Waals surface area contributed by atoms with Crippen LogP contribution < -0.4 is 16.2 Å². The molecule has 2 N–H and O–H groups in total. The molecule has 0 saturated carbocycles. The summed E-state index contributed by atoms with van der Waals surface area (Å²) in [5.74, 6) is 0.108. The van der Waals surface area contributed by atoms with E-state index >= 15 is 0 Å². The zero-order valence-corrected chi connectivity index (χ0v) is 20.4. The van der Waals surface area contributed by atoms with E-state index in [1.54, 1.807) is 24.3 Å². The first-order chi connectivity index (χ1) is 15.1. The van der Waals surface area contributed by atoms with Gasteiger partial charge in [-0.2, -0.15) is 0 Å². The molecule has 4 rings (SSSR count). The second-order valence-corrected chi connectivity index (χ2v) is 11.1.